The van der Waals surface area contributed by atoms with E-state index in [0.717, 1.165) is 17.3 Å². The van der Waals surface area contributed by atoms with Gasteiger partial charge in [0.15, 0.2) is 11.5 Å². The van der Waals surface area contributed by atoms with E-state index >= 15 is 0 Å². The maximum absolute atomic E-state index is 5.09. The van der Waals surface area contributed by atoms with Gasteiger partial charge in [0.1, 0.15) is 5.82 Å². The van der Waals surface area contributed by atoms with Gasteiger partial charge in [-0.1, -0.05) is 0 Å². The van der Waals surface area contributed by atoms with E-state index in [-0.39, 0.29) is 6.04 Å². The maximum atomic E-state index is 5.09. The number of hydrogen-bond acceptors (Lipinski definition) is 5. The van der Waals surface area contributed by atoms with Gasteiger partial charge in [0.25, 0.3) is 0 Å². The van der Waals surface area contributed by atoms with Crippen LogP contribution in [0, 0.1) is 0 Å². The Morgan fingerprint density at radius 1 is 1.53 bits per heavy atom. The molecule has 0 aliphatic carbocycles. The van der Waals surface area contributed by atoms with Crippen LogP contribution in [0.5, 0.6) is 0 Å². The van der Waals surface area contributed by atoms with E-state index in [1.54, 1.807) is 13.3 Å². The van der Waals surface area contributed by atoms with Gasteiger partial charge in [-0.25, -0.2) is 9.97 Å². The van der Waals surface area contributed by atoms with Crippen molar-refractivity contribution in [1.29, 1.82) is 0 Å². The van der Waals surface area contributed by atoms with Crippen LogP contribution in [-0.4, -0.2) is 41.2 Å². The molecule has 6 nitrogen and oxygen atoms in total. The first-order chi connectivity index (χ1) is 8.24. The Morgan fingerprint density at radius 2 is 2.35 bits per heavy atom. The summed E-state index contributed by atoms with van der Waals surface area (Å²) >= 11 is 0. The van der Waals surface area contributed by atoms with Crippen LogP contribution in [0.3, 0.4) is 0 Å². The fourth-order valence-corrected chi connectivity index (χ4v) is 1.67. The molecule has 0 fully saturated rings. The number of fused-ring (bicyclic) bond motifs is 1. The summed E-state index contributed by atoms with van der Waals surface area (Å²) in [5, 5.41) is 6.31. The Balaban J connectivity index is 2.33. The van der Waals surface area contributed by atoms with Crippen molar-refractivity contribution in [2.45, 2.75) is 13.0 Å². The molecule has 2 aromatic heterocycles. The molecule has 0 bridgehead atoms. The Kier molecular flexibility index (Phi) is 3.43. The molecule has 2 N–H and O–H groups in total. The topological polar surface area (TPSA) is 63.5 Å². The van der Waals surface area contributed by atoms with E-state index in [1.165, 1.54) is 0 Å². The predicted octanol–water partition coefficient (Wildman–Crippen LogP) is 1.22. The molecule has 0 radical (unpaired) electrons. The van der Waals surface area contributed by atoms with Crippen LogP contribution in [0.15, 0.2) is 18.6 Å². The summed E-state index contributed by atoms with van der Waals surface area (Å²) in [7, 11) is 3.52. The quantitative estimate of drug-likeness (QED) is 0.815. The first-order valence-electron chi connectivity index (χ1n) is 5.51. The third kappa shape index (κ3) is 2.47. The number of methoxy groups -OCH3 is 1. The molecule has 17 heavy (non-hydrogen) atoms. The number of nitrogens with one attached hydrogen (secondary N) is 2. The molecule has 92 valence electrons. The highest BCUT2D eigenvalue weighted by molar-refractivity contribution is 5.65. The molecule has 1 unspecified atom stereocenters. The SMILES string of the molecule is CNc1cn2ccnc2c(NC(C)COC)n1. The zero-order valence-electron chi connectivity index (χ0n) is 10.3. The zero-order valence-corrected chi connectivity index (χ0v) is 10.3. The number of ether oxygens (including phenoxy) is 1. The van der Waals surface area contributed by atoms with Crippen LogP contribution in [0.25, 0.3) is 5.65 Å². The molecule has 0 aliphatic heterocycles. The number of imidazole rings is 1. The van der Waals surface area contributed by atoms with Crippen molar-refractivity contribution < 1.29 is 4.74 Å². The van der Waals surface area contributed by atoms with Crippen LogP contribution >= 0.6 is 0 Å². The lowest BCUT2D eigenvalue weighted by atomic mass is 10.3. The molecule has 0 saturated carbocycles. The Hall–Kier alpha value is -1.82. The standard InChI is InChI=1S/C11H17N5O/c1-8(7-17-3)14-10-11-13-4-5-16(11)6-9(12-2)15-10/h4-6,8,12H,7H2,1-3H3,(H,14,15). The van der Waals surface area contributed by atoms with Crippen LogP contribution in [-0.2, 0) is 4.74 Å². The van der Waals surface area contributed by atoms with Crippen LogP contribution in [0.2, 0.25) is 0 Å². The normalized spacial score (nSPS) is 12.6. The highest BCUT2D eigenvalue weighted by Crippen LogP contribution is 2.16. The van der Waals surface area contributed by atoms with E-state index in [2.05, 4.69) is 20.6 Å². The molecule has 2 heterocycles. The second-order valence-electron chi connectivity index (χ2n) is 3.88. The number of hydrogen-bond donors (Lipinski definition) is 2. The number of aromatic nitrogens is 3. The van der Waals surface area contributed by atoms with E-state index in [1.807, 2.05) is 30.8 Å². The second-order valence-corrected chi connectivity index (χ2v) is 3.88. The smallest absolute Gasteiger partial charge is 0.180 e. The van der Waals surface area contributed by atoms with Crippen molar-refractivity contribution in [2.75, 3.05) is 31.4 Å². The van der Waals surface area contributed by atoms with Gasteiger partial charge in [0.05, 0.1) is 12.8 Å². The van der Waals surface area contributed by atoms with Crippen molar-refractivity contribution >= 4 is 17.3 Å². The van der Waals surface area contributed by atoms with Gasteiger partial charge in [-0.15, -0.1) is 0 Å². The molecule has 1 atom stereocenters. The largest absolute Gasteiger partial charge is 0.383 e. The first kappa shape index (κ1) is 11.7. The summed E-state index contributed by atoms with van der Waals surface area (Å²) in [6.07, 6.45) is 5.54. The highest BCUT2D eigenvalue weighted by Gasteiger charge is 2.09. The van der Waals surface area contributed by atoms with E-state index < -0.39 is 0 Å². The van der Waals surface area contributed by atoms with E-state index in [9.17, 15) is 0 Å². The molecule has 0 spiro atoms. The summed E-state index contributed by atoms with van der Waals surface area (Å²) in [5.41, 5.74) is 0.812. The van der Waals surface area contributed by atoms with Crippen molar-refractivity contribution in [3.63, 3.8) is 0 Å². The van der Waals surface area contributed by atoms with Crippen molar-refractivity contribution in [3.8, 4) is 0 Å². The maximum Gasteiger partial charge on any atom is 0.180 e. The summed E-state index contributed by atoms with van der Waals surface area (Å²) in [5.74, 6) is 1.55. The van der Waals surface area contributed by atoms with Crippen molar-refractivity contribution in [3.05, 3.63) is 18.6 Å². The average Bonchev–Trinajstić information content (AvgIpc) is 2.77. The Labute approximate surface area is 100 Å². The predicted molar refractivity (Wildman–Crippen MR) is 67.5 cm³/mol. The fourth-order valence-electron chi connectivity index (χ4n) is 1.67. The molecule has 2 rings (SSSR count). The number of rotatable bonds is 5. The van der Waals surface area contributed by atoms with E-state index in [0.29, 0.717) is 6.61 Å². The summed E-state index contributed by atoms with van der Waals surface area (Å²) in [4.78, 5) is 8.73. The van der Waals surface area contributed by atoms with Gasteiger partial charge in [0.2, 0.25) is 0 Å². The highest BCUT2D eigenvalue weighted by atomic mass is 16.5. The van der Waals surface area contributed by atoms with Crippen molar-refractivity contribution in [1.82, 2.24) is 14.4 Å². The van der Waals surface area contributed by atoms with E-state index in [4.69, 9.17) is 4.74 Å². The molecular weight excluding hydrogens is 218 g/mol. The minimum absolute atomic E-state index is 0.181. The number of nitrogens with zero attached hydrogens (tertiary/aromatic N) is 3. The van der Waals surface area contributed by atoms with Gasteiger partial charge in [0, 0.05) is 32.6 Å². The third-order valence-electron chi connectivity index (χ3n) is 2.43. The second kappa shape index (κ2) is 5.01. The van der Waals surface area contributed by atoms with Crippen molar-refractivity contribution in [2.24, 2.45) is 0 Å². The lowest BCUT2D eigenvalue weighted by Crippen LogP contribution is -2.22. The lowest BCUT2D eigenvalue weighted by molar-refractivity contribution is 0.190. The average molecular weight is 235 g/mol. The third-order valence-corrected chi connectivity index (χ3v) is 2.43. The molecule has 0 aromatic carbocycles. The van der Waals surface area contributed by atoms with Crippen LogP contribution in [0.4, 0.5) is 11.6 Å². The van der Waals surface area contributed by atoms with Gasteiger partial charge in [-0.2, -0.15) is 0 Å². The van der Waals surface area contributed by atoms with Gasteiger partial charge in [-0.05, 0) is 6.92 Å². The molecule has 2 aromatic rings. The fraction of sp³-hybridized carbons (Fsp3) is 0.455. The van der Waals surface area contributed by atoms with Gasteiger partial charge in [-0.3, -0.25) is 0 Å². The Morgan fingerprint density at radius 3 is 3.06 bits per heavy atom. The first-order valence-corrected chi connectivity index (χ1v) is 5.51. The minimum atomic E-state index is 0.181. The minimum Gasteiger partial charge on any atom is -0.383 e. The summed E-state index contributed by atoms with van der Waals surface area (Å²) in [6.45, 7) is 2.66. The van der Waals surface area contributed by atoms with Crippen LogP contribution < -0.4 is 10.6 Å². The summed E-state index contributed by atoms with van der Waals surface area (Å²) < 4.78 is 7.02. The monoisotopic (exact) mass is 235 g/mol. The molecular formula is C11H17N5O. The summed E-state index contributed by atoms with van der Waals surface area (Å²) in [6, 6.07) is 0.181. The van der Waals surface area contributed by atoms with Crippen LogP contribution in [0.1, 0.15) is 6.92 Å². The van der Waals surface area contributed by atoms with Gasteiger partial charge >= 0.3 is 0 Å². The molecule has 0 aliphatic rings. The lowest BCUT2D eigenvalue weighted by Gasteiger charge is -2.14. The Bertz CT molecular complexity index is 496. The molecule has 0 amide bonds. The molecule has 6 heteroatoms. The number of anilines is 2. The van der Waals surface area contributed by atoms with Gasteiger partial charge < -0.3 is 19.8 Å². The zero-order chi connectivity index (χ0) is 12.3. The molecule has 0 saturated heterocycles.